The summed E-state index contributed by atoms with van der Waals surface area (Å²) < 4.78 is 47.1. The van der Waals surface area contributed by atoms with E-state index in [-0.39, 0.29) is 36.8 Å². The molecule has 0 aliphatic heterocycles. The SMILES string of the molecule is CCn1cc(NC(=O)CCn2nc(C(F)(F)F)cc2C2CC2)c(C(=O)NCc2ccco2)n1. The third-order valence-corrected chi connectivity index (χ3v) is 5.23. The third kappa shape index (κ3) is 5.44. The fraction of sp³-hybridized carbons (Fsp3) is 0.429. The van der Waals surface area contributed by atoms with Crippen molar-refractivity contribution >= 4 is 17.5 Å². The summed E-state index contributed by atoms with van der Waals surface area (Å²) in [4.78, 5) is 25.1. The number of aromatic nitrogens is 4. The third-order valence-electron chi connectivity index (χ3n) is 5.23. The number of carbonyl (C=O) groups excluding carboxylic acids is 2. The normalized spacial score (nSPS) is 13.8. The van der Waals surface area contributed by atoms with Crippen LogP contribution in [-0.4, -0.2) is 31.4 Å². The second-order valence-electron chi connectivity index (χ2n) is 7.76. The van der Waals surface area contributed by atoms with Crippen molar-refractivity contribution < 1.29 is 27.2 Å². The molecule has 1 fully saturated rings. The van der Waals surface area contributed by atoms with Crippen LogP contribution in [0.3, 0.4) is 0 Å². The molecule has 3 heterocycles. The maximum atomic E-state index is 13.1. The van der Waals surface area contributed by atoms with Crippen LogP contribution in [0.5, 0.6) is 0 Å². The Balaban J connectivity index is 1.41. The zero-order valence-electron chi connectivity index (χ0n) is 17.9. The largest absolute Gasteiger partial charge is 0.467 e. The van der Waals surface area contributed by atoms with Gasteiger partial charge < -0.3 is 15.1 Å². The van der Waals surface area contributed by atoms with Crippen LogP contribution in [0, 0.1) is 0 Å². The minimum Gasteiger partial charge on any atom is -0.467 e. The molecule has 0 bridgehead atoms. The molecule has 12 heteroatoms. The first-order valence-corrected chi connectivity index (χ1v) is 10.6. The lowest BCUT2D eigenvalue weighted by Crippen LogP contribution is -2.25. The highest BCUT2D eigenvalue weighted by Crippen LogP contribution is 2.42. The average molecular weight is 464 g/mol. The quantitative estimate of drug-likeness (QED) is 0.504. The molecule has 3 aromatic rings. The number of furan rings is 1. The second kappa shape index (κ2) is 9.12. The molecular formula is C21H23F3N6O3. The molecule has 4 rings (SSSR count). The van der Waals surface area contributed by atoms with Gasteiger partial charge in [-0.1, -0.05) is 0 Å². The molecule has 1 saturated carbocycles. The van der Waals surface area contributed by atoms with Gasteiger partial charge in [0.25, 0.3) is 5.91 Å². The van der Waals surface area contributed by atoms with Crippen molar-refractivity contribution in [2.45, 2.75) is 57.9 Å². The van der Waals surface area contributed by atoms with E-state index < -0.39 is 23.7 Å². The Labute approximate surface area is 186 Å². The van der Waals surface area contributed by atoms with Crippen LogP contribution in [0.4, 0.5) is 18.9 Å². The number of rotatable bonds is 9. The number of amides is 2. The molecule has 33 heavy (non-hydrogen) atoms. The predicted octanol–water partition coefficient (Wildman–Crippen LogP) is 3.55. The lowest BCUT2D eigenvalue weighted by Gasteiger charge is -2.08. The minimum absolute atomic E-state index is 0.00428. The maximum absolute atomic E-state index is 13.1. The van der Waals surface area contributed by atoms with E-state index in [1.54, 1.807) is 12.1 Å². The molecule has 176 valence electrons. The molecule has 1 aliphatic carbocycles. The number of hydrogen-bond donors (Lipinski definition) is 2. The molecular weight excluding hydrogens is 441 g/mol. The van der Waals surface area contributed by atoms with E-state index in [0.717, 1.165) is 18.9 Å². The number of nitrogens with zero attached hydrogens (tertiary/aromatic N) is 4. The molecule has 2 amide bonds. The Morgan fingerprint density at radius 3 is 2.70 bits per heavy atom. The number of nitrogens with one attached hydrogen (secondary N) is 2. The van der Waals surface area contributed by atoms with Crippen molar-refractivity contribution in [1.29, 1.82) is 0 Å². The molecule has 1 aliphatic rings. The van der Waals surface area contributed by atoms with Crippen LogP contribution in [-0.2, 0) is 30.6 Å². The van der Waals surface area contributed by atoms with Gasteiger partial charge in [0.15, 0.2) is 11.4 Å². The predicted molar refractivity (Wildman–Crippen MR) is 110 cm³/mol. The molecule has 0 saturated heterocycles. The molecule has 0 aromatic carbocycles. The first kappa shape index (κ1) is 22.6. The van der Waals surface area contributed by atoms with Gasteiger partial charge in [-0.25, -0.2) is 0 Å². The van der Waals surface area contributed by atoms with E-state index >= 15 is 0 Å². The zero-order chi connectivity index (χ0) is 23.6. The monoisotopic (exact) mass is 464 g/mol. The number of anilines is 1. The Kier molecular flexibility index (Phi) is 6.25. The number of alkyl halides is 3. The molecule has 0 unspecified atom stereocenters. The van der Waals surface area contributed by atoms with Crippen LogP contribution in [0.15, 0.2) is 35.1 Å². The van der Waals surface area contributed by atoms with E-state index in [0.29, 0.717) is 18.0 Å². The Morgan fingerprint density at radius 1 is 1.27 bits per heavy atom. The van der Waals surface area contributed by atoms with E-state index in [1.807, 2.05) is 6.92 Å². The number of hydrogen-bond acceptors (Lipinski definition) is 5. The van der Waals surface area contributed by atoms with Crippen molar-refractivity contribution in [3.8, 4) is 0 Å². The summed E-state index contributed by atoms with van der Waals surface area (Å²) in [5.74, 6) is -0.347. The van der Waals surface area contributed by atoms with Crippen LogP contribution >= 0.6 is 0 Å². The van der Waals surface area contributed by atoms with Gasteiger partial charge >= 0.3 is 6.18 Å². The van der Waals surface area contributed by atoms with E-state index in [1.165, 1.54) is 21.8 Å². The van der Waals surface area contributed by atoms with Gasteiger partial charge in [0.2, 0.25) is 5.91 Å². The summed E-state index contributed by atoms with van der Waals surface area (Å²) in [7, 11) is 0. The van der Waals surface area contributed by atoms with Crippen LogP contribution in [0.1, 0.15) is 59.7 Å². The van der Waals surface area contributed by atoms with Gasteiger partial charge in [-0.2, -0.15) is 23.4 Å². The summed E-state index contributed by atoms with van der Waals surface area (Å²) >= 11 is 0. The van der Waals surface area contributed by atoms with Crippen LogP contribution in [0.25, 0.3) is 0 Å². The number of halogens is 3. The van der Waals surface area contributed by atoms with Crippen molar-refractivity contribution in [2.24, 2.45) is 0 Å². The Bertz CT molecular complexity index is 1130. The van der Waals surface area contributed by atoms with Gasteiger partial charge in [-0.3, -0.25) is 19.0 Å². The summed E-state index contributed by atoms with van der Waals surface area (Å²) in [5.41, 5.74) is -0.206. The van der Waals surface area contributed by atoms with Crippen molar-refractivity contribution in [2.75, 3.05) is 5.32 Å². The fourth-order valence-corrected chi connectivity index (χ4v) is 3.38. The molecule has 2 N–H and O–H groups in total. The second-order valence-corrected chi connectivity index (χ2v) is 7.76. The summed E-state index contributed by atoms with van der Waals surface area (Å²) in [6.07, 6.45) is -0.00711. The van der Waals surface area contributed by atoms with Crippen LogP contribution in [0.2, 0.25) is 0 Å². The first-order chi connectivity index (χ1) is 15.7. The van der Waals surface area contributed by atoms with Crippen molar-refractivity contribution in [3.63, 3.8) is 0 Å². The number of carbonyl (C=O) groups is 2. The van der Waals surface area contributed by atoms with Gasteiger partial charge in [0.1, 0.15) is 5.76 Å². The van der Waals surface area contributed by atoms with Crippen molar-refractivity contribution in [3.05, 3.63) is 53.5 Å². The highest BCUT2D eigenvalue weighted by molar-refractivity contribution is 6.02. The van der Waals surface area contributed by atoms with Gasteiger partial charge in [-0.05, 0) is 38.0 Å². The Morgan fingerprint density at radius 2 is 2.06 bits per heavy atom. The molecule has 0 spiro atoms. The molecule has 9 nitrogen and oxygen atoms in total. The molecule has 0 radical (unpaired) electrons. The van der Waals surface area contributed by atoms with E-state index in [9.17, 15) is 22.8 Å². The number of aryl methyl sites for hydroxylation is 2. The smallest absolute Gasteiger partial charge is 0.435 e. The topological polar surface area (TPSA) is 107 Å². The molecule has 3 aromatic heterocycles. The summed E-state index contributed by atoms with van der Waals surface area (Å²) in [6, 6.07) is 4.47. The van der Waals surface area contributed by atoms with Crippen molar-refractivity contribution in [1.82, 2.24) is 24.9 Å². The van der Waals surface area contributed by atoms with E-state index in [4.69, 9.17) is 4.42 Å². The summed E-state index contributed by atoms with van der Waals surface area (Å²) in [5, 5.41) is 13.2. The van der Waals surface area contributed by atoms with Crippen LogP contribution < -0.4 is 10.6 Å². The first-order valence-electron chi connectivity index (χ1n) is 10.6. The lowest BCUT2D eigenvalue weighted by molar-refractivity contribution is -0.141. The molecule has 0 atom stereocenters. The summed E-state index contributed by atoms with van der Waals surface area (Å²) in [6.45, 7) is 2.46. The average Bonchev–Trinajstić information content (AvgIpc) is 3.18. The lowest BCUT2D eigenvalue weighted by atomic mass is 10.2. The standard InChI is InChI=1S/C21H23F3N6O3/c1-2-29-12-15(19(28-29)20(32)25-11-14-4-3-9-33-14)26-18(31)7-8-30-16(13-5-6-13)10-17(27-30)21(22,23)24/h3-4,9-10,12-13H,2,5-8,11H2,1H3,(H,25,32)(H,26,31). The maximum Gasteiger partial charge on any atom is 0.435 e. The van der Waals surface area contributed by atoms with Gasteiger partial charge in [0, 0.05) is 37.3 Å². The van der Waals surface area contributed by atoms with Gasteiger partial charge in [0.05, 0.1) is 18.5 Å². The zero-order valence-corrected chi connectivity index (χ0v) is 17.9. The van der Waals surface area contributed by atoms with E-state index in [2.05, 4.69) is 20.8 Å². The fourth-order valence-electron chi connectivity index (χ4n) is 3.38. The minimum atomic E-state index is -4.54. The highest BCUT2D eigenvalue weighted by atomic mass is 19.4. The van der Waals surface area contributed by atoms with Gasteiger partial charge in [-0.15, -0.1) is 0 Å². The highest BCUT2D eigenvalue weighted by Gasteiger charge is 2.37. The Hall–Kier alpha value is -3.57.